The molecule has 3 aromatic rings. The Morgan fingerprint density at radius 1 is 0.833 bits per heavy atom. The van der Waals surface area contributed by atoms with Gasteiger partial charge in [-0.1, -0.05) is 15.9 Å². The molecule has 0 atom stereocenters. The van der Waals surface area contributed by atoms with E-state index in [1.807, 2.05) is 0 Å². The maximum absolute atomic E-state index is 12.9. The van der Waals surface area contributed by atoms with Gasteiger partial charge in [0, 0.05) is 40.1 Å². The molecule has 0 fully saturated rings. The number of hydrogen-bond donors (Lipinski definition) is 5. The summed E-state index contributed by atoms with van der Waals surface area (Å²) in [4.78, 5) is 49.6. The summed E-state index contributed by atoms with van der Waals surface area (Å²) in [6.45, 7) is 0.950. The van der Waals surface area contributed by atoms with Crippen molar-refractivity contribution in [2.75, 3.05) is 34.4 Å². The molecule has 0 aliphatic carbocycles. The van der Waals surface area contributed by atoms with Crippen LogP contribution in [0.1, 0.15) is 37.9 Å². The van der Waals surface area contributed by atoms with E-state index in [9.17, 15) is 19.2 Å². The van der Waals surface area contributed by atoms with Gasteiger partial charge in [-0.2, -0.15) is 0 Å². The smallest absolute Gasteiger partial charge is 0.273 e. The Labute approximate surface area is 216 Å². The van der Waals surface area contributed by atoms with Crippen LogP contribution in [0.3, 0.4) is 0 Å². The fraction of sp³-hybridized carbons (Fsp3) is 0.304. The first-order chi connectivity index (χ1) is 17.1. The van der Waals surface area contributed by atoms with E-state index in [0.29, 0.717) is 53.8 Å². The van der Waals surface area contributed by atoms with Crippen molar-refractivity contribution < 1.29 is 19.2 Å². The van der Waals surface area contributed by atoms with Gasteiger partial charge in [-0.15, -0.1) is 0 Å². The van der Waals surface area contributed by atoms with Crippen LogP contribution in [0.25, 0.3) is 0 Å². The van der Waals surface area contributed by atoms with Gasteiger partial charge < -0.3 is 40.7 Å². The zero-order chi connectivity index (χ0) is 26.4. The van der Waals surface area contributed by atoms with Crippen molar-refractivity contribution in [2.45, 2.75) is 6.42 Å². The predicted molar refractivity (Wildman–Crippen MR) is 141 cm³/mol. The quantitative estimate of drug-likeness (QED) is 0.188. The van der Waals surface area contributed by atoms with Crippen molar-refractivity contribution in [1.29, 1.82) is 0 Å². The molecule has 36 heavy (non-hydrogen) atoms. The second-order valence-electron chi connectivity index (χ2n) is 8.10. The molecule has 0 aliphatic heterocycles. The van der Waals surface area contributed by atoms with Crippen LogP contribution in [0.15, 0.2) is 36.7 Å². The van der Waals surface area contributed by atoms with E-state index in [2.05, 4.69) is 37.2 Å². The van der Waals surface area contributed by atoms with Crippen LogP contribution >= 0.6 is 15.9 Å². The molecule has 3 aromatic heterocycles. The van der Waals surface area contributed by atoms with E-state index in [4.69, 9.17) is 5.73 Å². The van der Waals surface area contributed by atoms with Gasteiger partial charge in [0.25, 0.3) is 17.7 Å². The van der Waals surface area contributed by atoms with Gasteiger partial charge in [0.05, 0.1) is 16.7 Å². The van der Waals surface area contributed by atoms with Crippen LogP contribution in [-0.2, 0) is 25.9 Å². The van der Waals surface area contributed by atoms with Gasteiger partial charge in [0.2, 0.25) is 5.91 Å². The molecule has 13 heteroatoms. The second kappa shape index (κ2) is 11.7. The summed E-state index contributed by atoms with van der Waals surface area (Å²) in [5.41, 5.74) is 7.40. The second-order valence-corrected chi connectivity index (χ2v) is 8.66. The van der Waals surface area contributed by atoms with Gasteiger partial charge in [-0.3, -0.25) is 19.2 Å². The van der Waals surface area contributed by atoms with Crippen LogP contribution in [0, 0.1) is 0 Å². The molecule has 0 saturated carbocycles. The number of aromatic nitrogens is 3. The van der Waals surface area contributed by atoms with Crippen LogP contribution in [0.2, 0.25) is 0 Å². The number of alkyl halides is 1. The van der Waals surface area contributed by atoms with E-state index in [0.717, 1.165) is 0 Å². The highest BCUT2D eigenvalue weighted by Gasteiger charge is 2.19. The van der Waals surface area contributed by atoms with Crippen LogP contribution < -0.4 is 27.0 Å². The molecule has 3 heterocycles. The van der Waals surface area contributed by atoms with Crippen molar-refractivity contribution in [2.24, 2.45) is 26.9 Å². The van der Waals surface area contributed by atoms with Crippen LogP contribution in [0.4, 0.5) is 17.2 Å². The van der Waals surface area contributed by atoms with Crippen molar-refractivity contribution in [1.82, 2.24) is 19.0 Å². The average Bonchev–Trinajstić information content (AvgIpc) is 3.50. The Morgan fingerprint density at radius 3 is 2.00 bits per heavy atom. The fourth-order valence-corrected chi connectivity index (χ4v) is 3.69. The lowest BCUT2D eigenvalue weighted by molar-refractivity contribution is -0.113. The van der Waals surface area contributed by atoms with Gasteiger partial charge >= 0.3 is 0 Å². The van der Waals surface area contributed by atoms with Gasteiger partial charge in [0.15, 0.2) is 0 Å². The zero-order valence-electron chi connectivity index (χ0n) is 20.2. The molecule has 3 rings (SSSR count). The van der Waals surface area contributed by atoms with Gasteiger partial charge in [0.1, 0.15) is 22.9 Å². The number of nitrogens with one attached hydrogen (secondary N) is 4. The fourth-order valence-electron chi connectivity index (χ4n) is 3.55. The normalized spacial score (nSPS) is 10.7. The highest BCUT2D eigenvalue weighted by molar-refractivity contribution is 9.09. The molecule has 4 amide bonds. The van der Waals surface area contributed by atoms with Gasteiger partial charge in [-0.05, 0) is 37.2 Å². The number of anilines is 3. The van der Waals surface area contributed by atoms with Crippen molar-refractivity contribution in [3.8, 4) is 0 Å². The molecule has 0 bridgehead atoms. The molecule has 12 nitrogen and oxygen atoms in total. The molecular formula is C23H29BrN8O4. The number of carbonyl (C=O) groups is 4. The zero-order valence-corrected chi connectivity index (χ0v) is 21.8. The maximum atomic E-state index is 12.9. The lowest BCUT2D eigenvalue weighted by Crippen LogP contribution is -2.28. The summed E-state index contributed by atoms with van der Waals surface area (Å²) in [5.74, 6) is -0.859. The lowest BCUT2D eigenvalue weighted by Gasteiger charge is -2.10. The SMILES string of the molecule is Cn1cc(NC(=O)CBr)cc1C(=O)Nc1cc(C(=O)Nc2ccc(C(=O)NCCCN)n2C)n(C)c1. The first kappa shape index (κ1) is 26.8. The average molecular weight is 561 g/mol. The number of carbonyl (C=O) groups excluding carboxylic acids is 4. The molecule has 6 N–H and O–H groups in total. The van der Waals surface area contributed by atoms with Gasteiger partial charge in [-0.25, -0.2) is 0 Å². The van der Waals surface area contributed by atoms with Crippen LogP contribution in [0.5, 0.6) is 0 Å². The molecular weight excluding hydrogens is 532 g/mol. The molecule has 0 radical (unpaired) electrons. The van der Waals surface area contributed by atoms with E-state index in [1.54, 1.807) is 71.5 Å². The monoisotopic (exact) mass is 560 g/mol. The first-order valence-corrected chi connectivity index (χ1v) is 12.2. The highest BCUT2D eigenvalue weighted by atomic mass is 79.9. The Kier molecular flexibility index (Phi) is 8.72. The Balaban J connectivity index is 1.67. The molecule has 0 unspecified atom stereocenters. The number of halogens is 1. The highest BCUT2D eigenvalue weighted by Crippen LogP contribution is 2.19. The minimum absolute atomic E-state index is 0.143. The number of amides is 4. The largest absolute Gasteiger partial charge is 0.351 e. The maximum Gasteiger partial charge on any atom is 0.273 e. The molecule has 0 saturated heterocycles. The summed E-state index contributed by atoms with van der Waals surface area (Å²) in [7, 11) is 5.05. The molecule has 192 valence electrons. The van der Waals surface area contributed by atoms with Crippen LogP contribution in [-0.4, -0.2) is 55.7 Å². The predicted octanol–water partition coefficient (Wildman–Crippen LogP) is 1.62. The van der Waals surface area contributed by atoms with Crippen molar-refractivity contribution >= 4 is 56.8 Å². The van der Waals surface area contributed by atoms with E-state index >= 15 is 0 Å². The minimum atomic E-state index is -0.409. The lowest BCUT2D eigenvalue weighted by atomic mass is 10.3. The number of nitrogens with two attached hydrogens (primary N) is 1. The Hall–Kier alpha value is -3.84. The minimum Gasteiger partial charge on any atom is -0.351 e. The summed E-state index contributed by atoms with van der Waals surface area (Å²) < 4.78 is 4.76. The topological polar surface area (TPSA) is 157 Å². The third-order valence-electron chi connectivity index (χ3n) is 5.40. The molecule has 0 aliphatic rings. The molecule has 0 spiro atoms. The van der Waals surface area contributed by atoms with E-state index < -0.39 is 11.8 Å². The number of hydrogen-bond acceptors (Lipinski definition) is 5. The summed E-state index contributed by atoms with van der Waals surface area (Å²) in [6.07, 6.45) is 3.92. The van der Waals surface area contributed by atoms with Crippen molar-refractivity contribution in [3.05, 3.63) is 53.7 Å². The number of nitrogens with zero attached hydrogens (tertiary/aromatic N) is 3. The van der Waals surface area contributed by atoms with E-state index in [-0.39, 0.29) is 17.1 Å². The number of rotatable bonds is 10. The summed E-state index contributed by atoms with van der Waals surface area (Å²) in [6, 6.07) is 6.37. The summed E-state index contributed by atoms with van der Waals surface area (Å²) >= 11 is 3.08. The standard InChI is InChI=1S/C23H29BrN8O4/c1-30-12-14(27-20(33)11-24)9-17(30)22(35)28-15-10-18(31(2)13-15)23(36)29-19-6-5-16(32(19)3)21(34)26-8-4-7-25/h5-6,9-10,12-13H,4,7-8,11,25H2,1-3H3,(H,26,34)(H,27,33)(H,28,35)(H,29,36). The third kappa shape index (κ3) is 6.23. The molecule has 0 aromatic carbocycles. The number of aryl methyl sites for hydroxylation is 2. The Morgan fingerprint density at radius 2 is 1.42 bits per heavy atom. The summed E-state index contributed by atoms with van der Waals surface area (Å²) in [5, 5.41) is 11.1. The Bertz CT molecular complexity index is 1290. The third-order valence-corrected chi connectivity index (χ3v) is 5.91. The van der Waals surface area contributed by atoms with Crippen molar-refractivity contribution in [3.63, 3.8) is 0 Å². The first-order valence-electron chi connectivity index (χ1n) is 11.1. The van der Waals surface area contributed by atoms with E-state index in [1.165, 1.54) is 0 Å².